The number of allylic oxidation sites excluding steroid dienone is 1. The van der Waals surface area contributed by atoms with Gasteiger partial charge in [0, 0.05) is 38.3 Å². The summed E-state index contributed by atoms with van der Waals surface area (Å²) in [6.07, 6.45) is 1.71. The Bertz CT molecular complexity index is 946. The fourth-order valence-corrected chi connectivity index (χ4v) is 3.71. The highest BCUT2D eigenvalue weighted by Crippen LogP contribution is 2.40. The zero-order valence-corrected chi connectivity index (χ0v) is 16.9. The smallest absolute Gasteiger partial charge is 0.231 e. The molecule has 0 unspecified atom stereocenters. The normalized spacial score (nSPS) is 18.7. The second-order valence-corrected chi connectivity index (χ2v) is 7.43. The third-order valence-corrected chi connectivity index (χ3v) is 5.40. The molecule has 0 bridgehead atoms. The molecule has 6 heteroatoms. The molecule has 0 aromatic heterocycles. The molecule has 4 rings (SSSR count). The van der Waals surface area contributed by atoms with Gasteiger partial charge >= 0.3 is 0 Å². The maximum atomic E-state index is 12.9. The van der Waals surface area contributed by atoms with Gasteiger partial charge in [-0.25, -0.2) is 0 Å². The van der Waals surface area contributed by atoms with Gasteiger partial charge in [0.05, 0.1) is 17.7 Å². The summed E-state index contributed by atoms with van der Waals surface area (Å²) in [5, 5.41) is 10.5. The number of carbonyl (C=O) groups excluding carboxylic acids is 1. The SMILES string of the molecule is CCOc1ccccc1C=C1Oc2c(ccc(O)c2CN2CCN(C)CC2)C1=O. The molecule has 2 aliphatic rings. The molecule has 2 aromatic carbocycles. The number of ketones is 1. The van der Waals surface area contributed by atoms with E-state index in [1.54, 1.807) is 18.2 Å². The van der Waals surface area contributed by atoms with Crippen LogP contribution in [0.15, 0.2) is 42.2 Å². The van der Waals surface area contributed by atoms with Crippen LogP contribution in [-0.4, -0.2) is 60.5 Å². The lowest BCUT2D eigenvalue weighted by Gasteiger charge is -2.32. The number of para-hydroxylation sites is 1. The first-order chi connectivity index (χ1) is 14.1. The monoisotopic (exact) mass is 394 g/mol. The second kappa shape index (κ2) is 8.27. The molecule has 0 aliphatic carbocycles. The number of carbonyl (C=O) groups is 1. The zero-order chi connectivity index (χ0) is 20.4. The Morgan fingerprint density at radius 1 is 1.14 bits per heavy atom. The Morgan fingerprint density at radius 2 is 1.90 bits per heavy atom. The van der Waals surface area contributed by atoms with Gasteiger partial charge < -0.3 is 19.5 Å². The van der Waals surface area contributed by atoms with Gasteiger partial charge in [-0.1, -0.05) is 18.2 Å². The molecule has 152 valence electrons. The number of nitrogens with zero attached hydrogens (tertiary/aromatic N) is 2. The number of benzene rings is 2. The Balaban J connectivity index is 1.63. The molecule has 6 nitrogen and oxygen atoms in total. The first kappa shape index (κ1) is 19.5. The third kappa shape index (κ3) is 3.99. The van der Waals surface area contributed by atoms with E-state index in [-0.39, 0.29) is 17.3 Å². The molecule has 0 amide bonds. The van der Waals surface area contributed by atoms with Gasteiger partial charge in [-0.15, -0.1) is 0 Å². The van der Waals surface area contributed by atoms with Crippen molar-refractivity contribution in [3.05, 3.63) is 58.8 Å². The van der Waals surface area contributed by atoms with E-state index >= 15 is 0 Å². The quantitative estimate of drug-likeness (QED) is 0.786. The molecule has 1 fully saturated rings. The van der Waals surface area contributed by atoms with Gasteiger partial charge in [0.25, 0.3) is 0 Å². The summed E-state index contributed by atoms with van der Waals surface area (Å²) in [5.41, 5.74) is 1.95. The van der Waals surface area contributed by atoms with E-state index in [0.717, 1.165) is 31.7 Å². The average molecular weight is 394 g/mol. The maximum Gasteiger partial charge on any atom is 0.231 e. The second-order valence-electron chi connectivity index (χ2n) is 7.43. The van der Waals surface area contributed by atoms with Crippen molar-refractivity contribution < 1.29 is 19.4 Å². The fourth-order valence-electron chi connectivity index (χ4n) is 3.71. The fraction of sp³-hybridized carbons (Fsp3) is 0.348. The third-order valence-electron chi connectivity index (χ3n) is 5.40. The van der Waals surface area contributed by atoms with Crippen molar-refractivity contribution in [1.29, 1.82) is 0 Å². The van der Waals surface area contributed by atoms with Gasteiger partial charge in [-0.2, -0.15) is 0 Å². The number of hydrogen-bond acceptors (Lipinski definition) is 6. The van der Waals surface area contributed by atoms with Gasteiger partial charge in [0.15, 0.2) is 5.76 Å². The minimum atomic E-state index is -0.175. The van der Waals surface area contributed by atoms with Crippen LogP contribution < -0.4 is 9.47 Å². The number of rotatable bonds is 5. The standard InChI is InChI=1S/C23H26N2O4/c1-3-28-20-7-5-4-6-16(20)14-21-22(27)17-8-9-19(26)18(23(17)29-21)15-25-12-10-24(2)11-13-25/h4-9,14,26H,3,10-13,15H2,1-2H3. The van der Waals surface area contributed by atoms with Crippen LogP contribution in [0.2, 0.25) is 0 Å². The van der Waals surface area contributed by atoms with Gasteiger partial charge in [-0.05, 0) is 38.2 Å². The van der Waals surface area contributed by atoms with Gasteiger partial charge in [-0.3, -0.25) is 9.69 Å². The summed E-state index contributed by atoms with van der Waals surface area (Å²) in [7, 11) is 2.11. The Morgan fingerprint density at radius 3 is 2.66 bits per heavy atom. The number of aromatic hydroxyl groups is 1. The number of Topliss-reactive ketones (excluding diaryl/α,β-unsaturated/α-hetero) is 1. The summed E-state index contributed by atoms with van der Waals surface area (Å²) >= 11 is 0. The summed E-state index contributed by atoms with van der Waals surface area (Å²) < 4.78 is 11.6. The Kier molecular flexibility index (Phi) is 5.56. The molecular weight excluding hydrogens is 368 g/mol. The number of phenols is 1. The summed E-state index contributed by atoms with van der Waals surface area (Å²) in [6, 6.07) is 10.8. The Labute approximate surface area is 171 Å². The predicted octanol–water partition coefficient (Wildman–Crippen LogP) is 3.15. The number of phenolic OH excluding ortho intramolecular Hbond substituents is 1. The van der Waals surface area contributed by atoms with Crippen LogP contribution in [0.3, 0.4) is 0 Å². The van der Waals surface area contributed by atoms with Crippen molar-refractivity contribution in [3.63, 3.8) is 0 Å². The molecule has 0 radical (unpaired) electrons. The molecule has 2 aliphatic heterocycles. The average Bonchev–Trinajstić information content (AvgIpc) is 3.03. The van der Waals surface area contributed by atoms with Crippen LogP contribution in [0.4, 0.5) is 0 Å². The van der Waals surface area contributed by atoms with Crippen molar-refractivity contribution in [1.82, 2.24) is 9.80 Å². The molecule has 29 heavy (non-hydrogen) atoms. The number of fused-ring (bicyclic) bond motifs is 1. The van der Waals surface area contributed by atoms with Crippen molar-refractivity contribution in [3.8, 4) is 17.2 Å². The van der Waals surface area contributed by atoms with Crippen LogP contribution in [0.5, 0.6) is 17.2 Å². The number of likely N-dealkylation sites (N-methyl/N-ethyl adjacent to an activating group) is 1. The minimum absolute atomic E-state index is 0.159. The van der Waals surface area contributed by atoms with E-state index < -0.39 is 0 Å². The number of ether oxygens (including phenoxy) is 2. The van der Waals surface area contributed by atoms with Crippen LogP contribution >= 0.6 is 0 Å². The Hall–Kier alpha value is -2.83. The van der Waals surface area contributed by atoms with Crippen molar-refractivity contribution >= 4 is 11.9 Å². The highest BCUT2D eigenvalue weighted by atomic mass is 16.5. The lowest BCUT2D eigenvalue weighted by atomic mass is 10.0. The van der Waals surface area contributed by atoms with E-state index in [2.05, 4.69) is 16.8 Å². The molecule has 1 saturated heterocycles. The van der Waals surface area contributed by atoms with Crippen molar-refractivity contribution in [2.24, 2.45) is 0 Å². The lowest BCUT2D eigenvalue weighted by molar-refractivity contribution is 0.101. The van der Waals surface area contributed by atoms with Crippen LogP contribution in [-0.2, 0) is 6.54 Å². The van der Waals surface area contributed by atoms with Crippen molar-refractivity contribution in [2.45, 2.75) is 13.5 Å². The molecule has 0 atom stereocenters. The van der Waals surface area contributed by atoms with E-state index in [0.29, 0.717) is 35.8 Å². The van der Waals surface area contributed by atoms with Gasteiger partial charge in [0.2, 0.25) is 5.78 Å². The molecule has 0 saturated carbocycles. The lowest BCUT2D eigenvalue weighted by Crippen LogP contribution is -2.43. The number of hydrogen-bond donors (Lipinski definition) is 1. The van der Waals surface area contributed by atoms with Crippen LogP contribution in [0.25, 0.3) is 6.08 Å². The topological polar surface area (TPSA) is 62.2 Å². The number of piperazine rings is 1. The summed E-state index contributed by atoms with van der Waals surface area (Å²) in [4.78, 5) is 17.5. The predicted molar refractivity (Wildman–Crippen MR) is 111 cm³/mol. The van der Waals surface area contributed by atoms with Crippen LogP contribution in [0, 0.1) is 0 Å². The first-order valence-electron chi connectivity index (χ1n) is 9.98. The van der Waals surface area contributed by atoms with E-state index in [4.69, 9.17) is 9.47 Å². The first-order valence-corrected chi connectivity index (χ1v) is 9.98. The molecule has 1 N–H and O–H groups in total. The summed E-state index contributed by atoms with van der Waals surface area (Å²) in [5.74, 6) is 1.40. The molecule has 2 heterocycles. The molecule has 2 aromatic rings. The van der Waals surface area contributed by atoms with E-state index in [1.165, 1.54) is 0 Å². The summed E-state index contributed by atoms with van der Waals surface area (Å²) in [6.45, 7) is 6.81. The minimum Gasteiger partial charge on any atom is -0.507 e. The highest BCUT2D eigenvalue weighted by molar-refractivity contribution is 6.15. The zero-order valence-electron chi connectivity index (χ0n) is 16.9. The highest BCUT2D eigenvalue weighted by Gasteiger charge is 2.32. The van der Waals surface area contributed by atoms with E-state index in [1.807, 2.05) is 31.2 Å². The molecular formula is C23H26N2O4. The van der Waals surface area contributed by atoms with Crippen molar-refractivity contribution in [2.75, 3.05) is 39.8 Å². The molecule has 0 spiro atoms. The van der Waals surface area contributed by atoms with Gasteiger partial charge in [0.1, 0.15) is 17.2 Å². The van der Waals surface area contributed by atoms with Crippen LogP contribution in [0.1, 0.15) is 28.4 Å². The maximum absolute atomic E-state index is 12.9. The largest absolute Gasteiger partial charge is 0.507 e. The van der Waals surface area contributed by atoms with E-state index in [9.17, 15) is 9.90 Å².